The molecule has 0 unspecified atom stereocenters. The van der Waals surface area contributed by atoms with Crippen LogP contribution >= 0.6 is 0 Å². The molecule has 5 heteroatoms. The second-order valence-electron chi connectivity index (χ2n) is 5.12. The Morgan fingerprint density at radius 3 is 3.00 bits per heavy atom. The molecule has 1 aliphatic carbocycles. The molecule has 2 heterocycles. The van der Waals surface area contributed by atoms with Crippen LogP contribution in [-0.2, 0) is 19.5 Å². The summed E-state index contributed by atoms with van der Waals surface area (Å²) < 4.78 is 1.89. The van der Waals surface area contributed by atoms with Crippen molar-refractivity contribution in [2.75, 3.05) is 6.54 Å². The van der Waals surface area contributed by atoms with Crippen LogP contribution in [0.3, 0.4) is 0 Å². The summed E-state index contributed by atoms with van der Waals surface area (Å²) in [5, 5.41) is 11.7. The summed E-state index contributed by atoms with van der Waals surface area (Å²) in [7, 11) is 0. The van der Waals surface area contributed by atoms with Gasteiger partial charge >= 0.3 is 0 Å². The second-order valence-corrected chi connectivity index (χ2v) is 5.12. The third kappa shape index (κ3) is 3.86. The lowest BCUT2D eigenvalue weighted by Gasteiger charge is -2.00. The predicted octanol–water partition coefficient (Wildman–Crippen LogP) is 1.42. The quantitative estimate of drug-likeness (QED) is 0.815. The molecule has 1 N–H and O–H groups in total. The van der Waals surface area contributed by atoms with Crippen LogP contribution in [0.1, 0.15) is 24.2 Å². The Morgan fingerprint density at radius 1 is 1.26 bits per heavy atom. The van der Waals surface area contributed by atoms with Gasteiger partial charge in [-0.05, 0) is 37.4 Å². The van der Waals surface area contributed by atoms with Gasteiger partial charge in [0.1, 0.15) is 0 Å². The summed E-state index contributed by atoms with van der Waals surface area (Å²) in [6, 6.07) is 5.98. The molecule has 0 saturated heterocycles. The normalized spacial score (nSPS) is 14.7. The Hall–Kier alpha value is -1.75. The number of hydrogen-bond donors (Lipinski definition) is 1. The maximum atomic E-state index is 4.30. The Labute approximate surface area is 113 Å². The highest BCUT2D eigenvalue weighted by molar-refractivity contribution is 5.03. The van der Waals surface area contributed by atoms with Crippen molar-refractivity contribution in [2.24, 2.45) is 5.92 Å². The molecule has 0 aliphatic heterocycles. The van der Waals surface area contributed by atoms with Gasteiger partial charge in [0.05, 0.1) is 5.69 Å². The van der Waals surface area contributed by atoms with Gasteiger partial charge < -0.3 is 5.32 Å². The molecule has 0 aromatic carbocycles. The maximum Gasteiger partial charge on any atom is 0.0964 e. The Bertz CT molecular complexity index is 504. The van der Waals surface area contributed by atoms with Crippen molar-refractivity contribution >= 4 is 0 Å². The van der Waals surface area contributed by atoms with Gasteiger partial charge in [0.25, 0.3) is 0 Å². The number of hydrogen-bond acceptors (Lipinski definition) is 4. The van der Waals surface area contributed by atoms with Crippen LogP contribution in [0, 0.1) is 5.92 Å². The zero-order valence-electron chi connectivity index (χ0n) is 11.0. The molecule has 5 nitrogen and oxygen atoms in total. The molecule has 3 rings (SSSR count). The largest absolute Gasteiger partial charge is 0.311 e. The van der Waals surface area contributed by atoms with Crippen LogP contribution in [0.25, 0.3) is 0 Å². The molecule has 0 bridgehead atoms. The molecule has 0 radical (unpaired) electrons. The number of rotatable bonds is 7. The van der Waals surface area contributed by atoms with Crippen molar-refractivity contribution in [3.63, 3.8) is 0 Å². The molecule has 0 atom stereocenters. The molecule has 1 aliphatic rings. The lowest BCUT2D eigenvalue weighted by Crippen LogP contribution is -2.16. The molecule has 0 amide bonds. The van der Waals surface area contributed by atoms with E-state index in [-0.39, 0.29) is 0 Å². The molecule has 2 aromatic heterocycles. The van der Waals surface area contributed by atoms with Crippen molar-refractivity contribution in [3.05, 3.63) is 42.0 Å². The number of aryl methyl sites for hydroxylation is 2. The van der Waals surface area contributed by atoms with Crippen LogP contribution < -0.4 is 5.32 Å². The molecule has 19 heavy (non-hydrogen) atoms. The first-order chi connectivity index (χ1) is 9.40. The highest BCUT2D eigenvalue weighted by atomic mass is 15.4. The van der Waals surface area contributed by atoms with Gasteiger partial charge in [0.15, 0.2) is 0 Å². The summed E-state index contributed by atoms with van der Waals surface area (Å²) in [6.07, 6.45) is 7.49. The van der Waals surface area contributed by atoms with Gasteiger partial charge in [-0.1, -0.05) is 11.3 Å². The highest BCUT2D eigenvalue weighted by Crippen LogP contribution is 2.27. The van der Waals surface area contributed by atoms with Gasteiger partial charge in [0.2, 0.25) is 0 Å². The van der Waals surface area contributed by atoms with Crippen LogP contribution in [0.2, 0.25) is 0 Å². The fraction of sp³-hybridized carbons (Fsp3) is 0.500. The van der Waals surface area contributed by atoms with Crippen molar-refractivity contribution in [1.29, 1.82) is 0 Å². The lowest BCUT2D eigenvalue weighted by molar-refractivity contribution is 0.583. The minimum Gasteiger partial charge on any atom is -0.311 e. The van der Waals surface area contributed by atoms with E-state index in [9.17, 15) is 0 Å². The SMILES string of the molecule is c1ccc(CCn2cc(CNCC3CC3)nn2)nc1. The highest BCUT2D eigenvalue weighted by Gasteiger charge is 2.20. The van der Waals surface area contributed by atoms with E-state index in [2.05, 4.69) is 20.6 Å². The van der Waals surface area contributed by atoms with Crippen molar-refractivity contribution in [3.8, 4) is 0 Å². The molecule has 1 fully saturated rings. The molecule has 100 valence electrons. The predicted molar refractivity (Wildman–Crippen MR) is 72.4 cm³/mol. The zero-order chi connectivity index (χ0) is 12.9. The first-order valence-electron chi connectivity index (χ1n) is 6.90. The van der Waals surface area contributed by atoms with Gasteiger partial charge in [-0.15, -0.1) is 5.10 Å². The first kappa shape index (κ1) is 12.3. The third-order valence-corrected chi connectivity index (χ3v) is 3.35. The van der Waals surface area contributed by atoms with E-state index in [1.807, 2.05) is 35.3 Å². The summed E-state index contributed by atoms with van der Waals surface area (Å²) in [5.74, 6) is 0.902. The van der Waals surface area contributed by atoms with Gasteiger partial charge in [-0.2, -0.15) is 0 Å². The van der Waals surface area contributed by atoms with Crippen LogP contribution in [0.5, 0.6) is 0 Å². The fourth-order valence-electron chi connectivity index (χ4n) is 2.03. The van der Waals surface area contributed by atoms with E-state index in [0.717, 1.165) is 43.4 Å². The second kappa shape index (κ2) is 5.93. The summed E-state index contributed by atoms with van der Waals surface area (Å²) in [4.78, 5) is 4.30. The number of pyridine rings is 1. The van der Waals surface area contributed by atoms with E-state index >= 15 is 0 Å². The molecule has 0 spiro atoms. The van der Waals surface area contributed by atoms with Crippen molar-refractivity contribution in [2.45, 2.75) is 32.4 Å². The van der Waals surface area contributed by atoms with E-state index in [4.69, 9.17) is 0 Å². The fourth-order valence-corrected chi connectivity index (χ4v) is 2.03. The topological polar surface area (TPSA) is 55.6 Å². The number of aromatic nitrogens is 4. The minimum atomic E-state index is 0.820. The Balaban J connectivity index is 1.44. The Morgan fingerprint density at radius 2 is 2.21 bits per heavy atom. The average Bonchev–Trinajstić information content (AvgIpc) is 3.16. The van der Waals surface area contributed by atoms with E-state index in [0.29, 0.717) is 0 Å². The molecule has 2 aromatic rings. The van der Waals surface area contributed by atoms with Crippen molar-refractivity contribution < 1.29 is 0 Å². The van der Waals surface area contributed by atoms with Crippen LogP contribution in [0.4, 0.5) is 0 Å². The standard InChI is InChI=1S/C14H19N5/c1-2-7-16-13(3-1)6-8-19-11-14(17-18-19)10-15-9-12-4-5-12/h1-3,7,11-12,15H,4-6,8-10H2. The summed E-state index contributed by atoms with van der Waals surface area (Å²) >= 11 is 0. The lowest BCUT2D eigenvalue weighted by atomic mass is 10.3. The smallest absolute Gasteiger partial charge is 0.0964 e. The monoisotopic (exact) mass is 257 g/mol. The maximum absolute atomic E-state index is 4.30. The Kier molecular flexibility index (Phi) is 3.83. The van der Waals surface area contributed by atoms with Crippen LogP contribution in [0.15, 0.2) is 30.6 Å². The van der Waals surface area contributed by atoms with Gasteiger partial charge in [-0.25, -0.2) is 0 Å². The van der Waals surface area contributed by atoms with Gasteiger partial charge in [0, 0.05) is 37.6 Å². The summed E-state index contributed by atoms with van der Waals surface area (Å²) in [6.45, 7) is 2.76. The third-order valence-electron chi connectivity index (χ3n) is 3.35. The number of nitrogens with one attached hydrogen (secondary N) is 1. The van der Waals surface area contributed by atoms with Crippen LogP contribution in [-0.4, -0.2) is 26.5 Å². The van der Waals surface area contributed by atoms with E-state index in [1.165, 1.54) is 12.8 Å². The zero-order valence-corrected chi connectivity index (χ0v) is 11.0. The minimum absolute atomic E-state index is 0.820. The first-order valence-corrected chi connectivity index (χ1v) is 6.90. The number of nitrogens with zero attached hydrogens (tertiary/aromatic N) is 4. The molecular formula is C14H19N5. The van der Waals surface area contributed by atoms with E-state index in [1.54, 1.807) is 0 Å². The summed E-state index contributed by atoms with van der Waals surface area (Å²) in [5.41, 5.74) is 2.10. The van der Waals surface area contributed by atoms with Gasteiger partial charge in [-0.3, -0.25) is 9.67 Å². The van der Waals surface area contributed by atoms with E-state index < -0.39 is 0 Å². The van der Waals surface area contributed by atoms with Crippen molar-refractivity contribution in [1.82, 2.24) is 25.3 Å². The molecular weight excluding hydrogens is 238 g/mol. The average molecular weight is 257 g/mol. The molecule has 1 saturated carbocycles.